The fourth-order valence-electron chi connectivity index (χ4n) is 5.66. The third-order valence-corrected chi connectivity index (χ3v) is 9.41. The van der Waals surface area contributed by atoms with Crippen LogP contribution in [0.1, 0.15) is 77.2 Å². The largest absolute Gasteiger partial charge is 0.480 e. The fourth-order valence-corrected chi connectivity index (χ4v) is 6.98. The second-order valence-electron chi connectivity index (χ2n) is 10.6. The summed E-state index contributed by atoms with van der Waals surface area (Å²) in [5, 5.41) is 12.4. The lowest BCUT2D eigenvalue weighted by molar-refractivity contribution is -0.139. The van der Waals surface area contributed by atoms with Gasteiger partial charge in [0.2, 0.25) is 0 Å². The van der Waals surface area contributed by atoms with Crippen LogP contribution in [0.3, 0.4) is 0 Å². The molecule has 1 fully saturated rings. The van der Waals surface area contributed by atoms with Gasteiger partial charge in [0, 0.05) is 23.2 Å². The maximum absolute atomic E-state index is 13.3. The molecule has 1 unspecified atom stereocenters. The Morgan fingerprint density at radius 1 is 1.12 bits per heavy atom. The summed E-state index contributed by atoms with van der Waals surface area (Å²) in [6, 6.07) is 12.7. The summed E-state index contributed by atoms with van der Waals surface area (Å²) in [6.45, 7) is 3.13. The molecule has 1 aromatic heterocycles. The van der Waals surface area contributed by atoms with E-state index in [0.717, 1.165) is 28.7 Å². The van der Waals surface area contributed by atoms with E-state index in [0.29, 0.717) is 42.8 Å². The van der Waals surface area contributed by atoms with Crippen LogP contribution in [-0.2, 0) is 16.1 Å². The zero-order chi connectivity index (χ0) is 28.3. The Morgan fingerprint density at radius 2 is 1.93 bits per heavy atom. The maximum atomic E-state index is 13.3. The van der Waals surface area contributed by atoms with Crippen LogP contribution >= 0.6 is 23.1 Å². The highest BCUT2D eigenvalue weighted by Crippen LogP contribution is 2.39. The summed E-state index contributed by atoms with van der Waals surface area (Å²) < 4.78 is 6.20. The van der Waals surface area contributed by atoms with Gasteiger partial charge in [-0.05, 0) is 90.8 Å². The quantitative estimate of drug-likeness (QED) is 0.194. The minimum atomic E-state index is -1.02. The first kappa shape index (κ1) is 30.3. The first-order valence-corrected chi connectivity index (χ1v) is 16.4. The third kappa shape index (κ3) is 8.18. The van der Waals surface area contributed by atoms with Crippen LogP contribution in [0.4, 0.5) is 0 Å². The van der Waals surface area contributed by atoms with Crippen molar-refractivity contribution in [1.29, 1.82) is 0 Å². The lowest BCUT2D eigenvalue weighted by atomic mass is 9.78. The van der Waals surface area contributed by atoms with Crippen LogP contribution in [0.25, 0.3) is 11.1 Å². The first-order chi connectivity index (χ1) is 19.5. The number of carbonyl (C=O) groups is 2. The molecular weight excluding hydrogens is 540 g/mol. The van der Waals surface area contributed by atoms with E-state index in [1.165, 1.54) is 37.0 Å². The van der Waals surface area contributed by atoms with E-state index in [1.54, 1.807) is 29.2 Å². The van der Waals surface area contributed by atoms with Crippen molar-refractivity contribution in [3.63, 3.8) is 0 Å². The third-order valence-electron chi connectivity index (χ3n) is 7.86. The monoisotopic (exact) mass is 580 g/mol. The first-order valence-electron chi connectivity index (χ1n) is 14.2. The number of carboxylic acid groups (broad SMARTS) is 1. The molecule has 8 heteroatoms. The van der Waals surface area contributed by atoms with Gasteiger partial charge in [-0.3, -0.25) is 9.78 Å². The number of ether oxygens (including phenoxy) is 1. The predicted octanol–water partition coefficient (Wildman–Crippen LogP) is 7.33. The molecule has 6 nitrogen and oxygen atoms in total. The Kier molecular flexibility index (Phi) is 11.6. The van der Waals surface area contributed by atoms with E-state index in [4.69, 9.17) is 4.74 Å². The topological polar surface area (TPSA) is 88.5 Å². The number of nitrogens with one attached hydrogen (secondary N) is 1. The lowest BCUT2D eigenvalue weighted by Gasteiger charge is -2.29. The minimum absolute atomic E-state index is 0.372. The van der Waals surface area contributed by atoms with E-state index in [9.17, 15) is 14.7 Å². The number of amides is 1. The number of aliphatic carboxylic acids is 1. The number of rotatable bonds is 14. The molecule has 1 aliphatic carbocycles. The average Bonchev–Trinajstić information content (AvgIpc) is 3.50. The number of benzene rings is 2. The Labute approximate surface area is 246 Å². The molecule has 1 saturated carbocycles. The summed E-state index contributed by atoms with van der Waals surface area (Å²) in [7, 11) is 0. The zero-order valence-electron chi connectivity index (χ0n) is 23.4. The minimum Gasteiger partial charge on any atom is -0.480 e. The highest BCUT2D eigenvalue weighted by molar-refractivity contribution is 7.98. The number of aryl methyl sites for hydroxylation is 1. The standard InChI is InChI=1S/C32H40N2O4S2/c1-22-8-6-7-11-25(22)28-18-23(12-13-27(28)31(35)34-29(32(36)37)15-17-39-2)20-38-16-14-26(30-19-33-21-40-30)24-9-4-3-5-10-24/h6-8,11-13,18-19,21,24,26,29H,3-5,9-10,14-17,20H2,1-2H3,(H,34,35)(H,36,37)/t26?,29-/m0/s1. The molecule has 2 atom stereocenters. The molecule has 214 valence electrons. The summed E-state index contributed by atoms with van der Waals surface area (Å²) in [5.74, 6) is 0.459. The molecule has 0 radical (unpaired) electrons. The number of carbonyl (C=O) groups excluding carboxylic acids is 1. The summed E-state index contributed by atoms with van der Waals surface area (Å²) in [6.07, 6.45) is 11.8. The molecule has 1 aliphatic rings. The van der Waals surface area contributed by atoms with E-state index in [2.05, 4.69) is 10.3 Å². The second kappa shape index (κ2) is 15.4. The number of nitrogens with zero attached hydrogens (tertiary/aromatic N) is 1. The summed E-state index contributed by atoms with van der Waals surface area (Å²) in [5.41, 5.74) is 6.17. The molecule has 2 N–H and O–H groups in total. The van der Waals surface area contributed by atoms with Crippen molar-refractivity contribution in [3.8, 4) is 11.1 Å². The van der Waals surface area contributed by atoms with Gasteiger partial charge in [-0.15, -0.1) is 11.3 Å². The molecule has 0 bridgehead atoms. The second-order valence-corrected chi connectivity index (χ2v) is 12.5. The number of hydrogen-bond donors (Lipinski definition) is 2. The number of thioether (sulfide) groups is 1. The molecule has 4 rings (SSSR count). The van der Waals surface area contributed by atoms with Crippen molar-refractivity contribution in [2.45, 2.75) is 70.4 Å². The summed E-state index contributed by atoms with van der Waals surface area (Å²) in [4.78, 5) is 30.8. The van der Waals surface area contributed by atoms with Crippen LogP contribution in [0.15, 0.2) is 54.2 Å². The van der Waals surface area contributed by atoms with E-state index in [-0.39, 0.29) is 5.91 Å². The number of hydrogen-bond acceptors (Lipinski definition) is 6. The molecule has 3 aromatic rings. The SMILES string of the molecule is CSCC[C@H](NC(=O)c1ccc(COCCC(c2cncs2)C2CCCCC2)cc1-c1ccccc1C)C(=O)O. The highest BCUT2D eigenvalue weighted by Gasteiger charge is 2.26. The van der Waals surface area contributed by atoms with Gasteiger partial charge in [0.05, 0.1) is 12.1 Å². The Balaban J connectivity index is 1.47. The van der Waals surface area contributed by atoms with Gasteiger partial charge in [-0.1, -0.05) is 49.6 Å². The molecule has 0 aliphatic heterocycles. The van der Waals surface area contributed by atoms with Gasteiger partial charge in [-0.2, -0.15) is 11.8 Å². The molecule has 2 aromatic carbocycles. The van der Waals surface area contributed by atoms with Crippen LogP contribution < -0.4 is 5.32 Å². The molecule has 40 heavy (non-hydrogen) atoms. The van der Waals surface area contributed by atoms with Crippen molar-refractivity contribution in [1.82, 2.24) is 10.3 Å². The van der Waals surface area contributed by atoms with E-state index >= 15 is 0 Å². The van der Waals surface area contributed by atoms with Crippen molar-refractivity contribution in [3.05, 3.63) is 75.7 Å². The van der Waals surface area contributed by atoms with Crippen LogP contribution in [0.5, 0.6) is 0 Å². The van der Waals surface area contributed by atoms with Gasteiger partial charge in [0.15, 0.2) is 0 Å². The van der Waals surface area contributed by atoms with Crippen molar-refractivity contribution in [2.24, 2.45) is 5.92 Å². The van der Waals surface area contributed by atoms with Crippen LogP contribution in [0.2, 0.25) is 0 Å². The number of carboxylic acids is 1. The zero-order valence-corrected chi connectivity index (χ0v) is 25.1. The van der Waals surface area contributed by atoms with Gasteiger partial charge in [0.25, 0.3) is 5.91 Å². The average molecular weight is 581 g/mol. The Bertz CT molecular complexity index is 1240. The molecule has 0 spiro atoms. The predicted molar refractivity (Wildman–Crippen MR) is 164 cm³/mol. The van der Waals surface area contributed by atoms with Gasteiger partial charge >= 0.3 is 5.97 Å². The molecule has 1 heterocycles. The van der Waals surface area contributed by atoms with Gasteiger partial charge < -0.3 is 15.2 Å². The Morgan fingerprint density at radius 3 is 2.62 bits per heavy atom. The highest BCUT2D eigenvalue weighted by atomic mass is 32.2. The van der Waals surface area contributed by atoms with E-state index < -0.39 is 12.0 Å². The fraction of sp³-hybridized carbons (Fsp3) is 0.469. The lowest BCUT2D eigenvalue weighted by Crippen LogP contribution is -2.41. The van der Waals surface area contributed by atoms with Gasteiger partial charge in [-0.25, -0.2) is 4.79 Å². The number of aromatic nitrogens is 1. The smallest absolute Gasteiger partial charge is 0.326 e. The molecular formula is C32H40N2O4S2. The van der Waals surface area contributed by atoms with Crippen molar-refractivity contribution >= 4 is 35.0 Å². The maximum Gasteiger partial charge on any atom is 0.326 e. The normalized spacial score (nSPS) is 15.4. The molecule has 0 saturated heterocycles. The Hall–Kier alpha value is -2.68. The molecule has 1 amide bonds. The number of thiazole rings is 1. The summed E-state index contributed by atoms with van der Waals surface area (Å²) >= 11 is 3.31. The van der Waals surface area contributed by atoms with Crippen LogP contribution in [0, 0.1) is 12.8 Å². The van der Waals surface area contributed by atoms with Crippen molar-refractivity contribution < 1.29 is 19.4 Å². The van der Waals surface area contributed by atoms with Crippen molar-refractivity contribution in [2.75, 3.05) is 18.6 Å². The van der Waals surface area contributed by atoms with Crippen LogP contribution in [-0.4, -0.2) is 46.6 Å². The van der Waals surface area contributed by atoms with Gasteiger partial charge in [0.1, 0.15) is 6.04 Å². The van der Waals surface area contributed by atoms with E-state index in [1.807, 2.05) is 61.3 Å².